The molecule has 90 valence electrons. The predicted octanol–water partition coefficient (Wildman–Crippen LogP) is 2.71. The average molecular weight is 223 g/mol. The average Bonchev–Trinajstić information content (AvgIpc) is 2.23. The molecule has 3 nitrogen and oxygen atoms in total. The number of ether oxygens (including phenoxy) is 2. The molecule has 0 fully saturated rings. The zero-order chi connectivity index (χ0) is 11.8. The molecule has 0 saturated heterocycles. The van der Waals surface area contributed by atoms with Crippen molar-refractivity contribution in [3.05, 3.63) is 24.3 Å². The number of nitrogen functional groups attached to an aromatic ring is 1. The fourth-order valence-corrected chi connectivity index (χ4v) is 1.24. The van der Waals surface area contributed by atoms with Gasteiger partial charge >= 0.3 is 0 Å². The SMILES string of the molecule is CC(C)CCOCCOc1cccc(N)c1. The zero-order valence-corrected chi connectivity index (χ0v) is 10.1. The second kappa shape index (κ2) is 7.12. The molecule has 2 N–H and O–H groups in total. The Balaban J connectivity index is 2.07. The summed E-state index contributed by atoms with van der Waals surface area (Å²) in [6.45, 7) is 6.38. The van der Waals surface area contributed by atoms with Crippen LogP contribution in [0.15, 0.2) is 24.3 Å². The molecule has 0 aliphatic rings. The standard InChI is InChI=1S/C13H21NO2/c1-11(2)6-7-15-8-9-16-13-5-3-4-12(14)10-13/h3-5,10-11H,6-9,14H2,1-2H3. The lowest BCUT2D eigenvalue weighted by Gasteiger charge is -2.08. The number of anilines is 1. The monoisotopic (exact) mass is 223 g/mol. The van der Waals surface area contributed by atoms with E-state index in [-0.39, 0.29) is 0 Å². The number of rotatable bonds is 7. The maximum absolute atomic E-state index is 5.63. The molecule has 0 saturated carbocycles. The minimum atomic E-state index is 0.571. The lowest BCUT2D eigenvalue weighted by Crippen LogP contribution is -2.08. The summed E-state index contributed by atoms with van der Waals surface area (Å²) in [6, 6.07) is 7.43. The Bertz CT molecular complexity index is 300. The smallest absolute Gasteiger partial charge is 0.121 e. The molecule has 0 atom stereocenters. The third-order valence-corrected chi connectivity index (χ3v) is 2.19. The van der Waals surface area contributed by atoms with E-state index in [1.54, 1.807) is 0 Å². The van der Waals surface area contributed by atoms with Crippen LogP contribution in [0.5, 0.6) is 5.75 Å². The van der Waals surface area contributed by atoms with Gasteiger partial charge in [0.25, 0.3) is 0 Å². The first-order valence-electron chi connectivity index (χ1n) is 5.74. The summed E-state index contributed by atoms with van der Waals surface area (Å²) in [6.07, 6.45) is 1.10. The third-order valence-electron chi connectivity index (χ3n) is 2.19. The summed E-state index contributed by atoms with van der Waals surface area (Å²) >= 11 is 0. The number of nitrogens with two attached hydrogens (primary N) is 1. The molecule has 0 aliphatic heterocycles. The van der Waals surface area contributed by atoms with Gasteiger partial charge in [-0.2, -0.15) is 0 Å². The zero-order valence-electron chi connectivity index (χ0n) is 10.1. The molecular formula is C13H21NO2. The highest BCUT2D eigenvalue weighted by Gasteiger charge is 1.96. The molecule has 3 heteroatoms. The van der Waals surface area contributed by atoms with Gasteiger partial charge in [-0.3, -0.25) is 0 Å². The quantitative estimate of drug-likeness (QED) is 0.571. The van der Waals surface area contributed by atoms with Gasteiger partial charge < -0.3 is 15.2 Å². The van der Waals surface area contributed by atoms with Crippen LogP contribution < -0.4 is 10.5 Å². The normalized spacial score (nSPS) is 10.7. The van der Waals surface area contributed by atoms with E-state index in [1.807, 2.05) is 24.3 Å². The van der Waals surface area contributed by atoms with Crippen LogP contribution in [-0.4, -0.2) is 19.8 Å². The van der Waals surface area contributed by atoms with E-state index in [0.29, 0.717) is 19.1 Å². The molecule has 0 radical (unpaired) electrons. The maximum Gasteiger partial charge on any atom is 0.121 e. The van der Waals surface area contributed by atoms with Crippen molar-refractivity contribution in [1.82, 2.24) is 0 Å². The van der Waals surface area contributed by atoms with Crippen molar-refractivity contribution in [1.29, 1.82) is 0 Å². The Labute approximate surface area is 97.6 Å². The van der Waals surface area contributed by atoms with E-state index in [9.17, 15) is 0 Å². The van der Waals surface area contributed by atoms with Gasteiger partial charge in [0.2, 0.25) is 0 Å². The molecular weight excluding hydrogens is 202 g/mol. The fourth-order valence-electron chi connectivity index (χ4n) is 1.24. The minimum absolute atomic E-state index is 0.571. The van der Waals surface area contributed by atoms with Crippen LogP contribution >= 0.6 is 0 Å². The first-order valence-corrected chi connectivity index (χ1v) is 5.74. The Morgan fingerprint density at radius 3 is 2.69 bits per heavy atom. The summed E-state index contributed by atoms with van der Waals surface area (Å²) in [5, 5.41) is 0. The van der Waals surface area contributed by atoms with Crippen LogP contribution in [0.4, 0.5) is 5.69 Å². The van der Waals surface area contributed by atoms with Gasteiger partial charge in [-0.15, -0.1) is 0 Å². The number of hydrogen-bond donors (Lipinski definition) is 1. The molecule has 1 aromatic carbocycles. The number of benzene rings is 1. The highest BCUT2D eigenvalue weighted by Crippen LogP contribution is 2.14. The molecule has 0 unspecified atom stereocenters. The van der Waals surface area contributed by atoms with Gasteiger partial charge in [0.15, 0.2) is 0 Å². The number of hydrogen-bond acceptors (Lipinski definition) is 3. The van der Waals surface area contributed by atoms with Gasteiger partial charge in [0.1, 0.15) is 12.4 Å². The predicted molar refractivity (Wildman–Crippen MR) is 66.6 cm³/mol. The van der Waals surface area contributed by atoms with E-state index in [1.165, 1.54) is 0 Å². The Morgan fingerprint density at radius 1 is 1.19 bits per heavy atom. The van der Waals surface area contributed by atoms with E-state index < -0.39 is 0 Å². The molecule has 0 amide bonds. The summed E-state index contributed by atoms with van der Waals surface area (Å²) in [4.78, 5) is 0. The van der Waals surface area contributed by atoms with E-state index in [2.05, 4.69) is 13.8 Å². The Kier molecular flexibility index (Phi) is 5.72. The largest absolute Gasteiger partial charge is 0.491 e. The lowest BCUT2D eigenvalue weighted by atomic mass is 10.1. The molecule has 0 spiro atoms. The van der Waals surface area contributed by atoms with Gasteiger partial charge in [-0.1, -0.05) is 19.9 Å². The van der Waals surface area contributed by atoms with Crippen LogP contribution in [0.2, 0.25) is 0 Å². The van der Waals surface area contributed by atoms with Gasteiger partial charge in [0.05, 0.1) is 6.61 Å². The summed E-state index contributed by atoms with van der Waals surface area (Å²) in [7, 11) is 0. The second-order valence-electron chi connectivity index (χ2n) is 4.22. The maximum atomic E-state index is 5.63. The van der Waals surface area contributed by atoms with E-state index in [4.69, 9.17) is 15.2 Å². The highest BCUT2D eigenvalue weighted by molar-refractivity contribution is 5.43. The summed E-state index contributed by atoms with van der Waals surface area (Å²) in [5.74, 6) is 1.49. The lowest BCUT2D eigenvalue weighted by molar-refractivity contribution is 0.0926. The van der Waals surface area contributed by atoms with Crippen molar-refractivity contribution in [2.75, 3.05) is 25.6 Å². The Hall–Kier alpha value is -1.22. The van der Waals surface area contributed by atoms with E-state index in [0.717, 1.165) is 24.5 Å². The molecule has 1 aromatic rings. The second-order valence-corrected chi connectivity index (χ2v) is 4.22. The van der Waals surface area contributed by atoms with Gasteiger partial charge in [0, 0.05) is 18.4 Å². The fraction of sp³-hybridized carbons (Fsp3) is 0.538. The van der Waals surface area contributed by atoms with Gasteiger partial charge in [-0.05, 0) is 24.5 Å². The molecule has 0 aliphatic carbocycles. The van der Waals surface area contributed by atoms with E-state index >= 15 is 0 Å². The van der Waals surface area contributed by atoms with Crippen LogP contribution in [0.1, 0.15) is 20.3 Å². The van der Waals surface area contributed by atoms with Gasteiger partial charge in [-0.25, -0.2) is 0 Å². The first kappa shape index (κ1) is 12.8. The molecule has 16 heavy (non-hydrogen) atoms. The highest BCUT2D eigenvalue weighted by atomic mass is 16.5. The summed E-state index contributed by atoms with van der Waals surface area (Å²) in [5.41, 5.74) is 6.35. The van der Waals surface area contributed by atoms with Crippen molar-refractivity contribution in [2.45, 2.75) is 20.3 Å². The van der Waals surface area contributed by atoms with Crippen molar-refractivity contribution in [3.63, 3.8) is 0 Å². The van der Waals surface area contributed by atoms with Crippen molar-refractivity contribution >= 4 is 5.69 Å². The van der Waals surface area contributed by atoms with Crippen LogP contribution in [0.25, 0.3) is 0 Å². The van der Waals surface area contributed by atoms with Crippen molar-refractivity contribution < 1.29 is 9.47 Å². The van der Waals surface area contributed by atoms with Crippen molar-refractivity contribution in [2.24, 2.45) is 5.92 Å². The van der Waals surface area contributed by atoms with Crippen LogP contribution in [0.3, 0.4) is 0 Å². The van der Waals surface area contributed by atoms with Crippen molar-refractivity contribution in [3.8, 4) is 5.75 Å². The first-order chi connectivity index (χ1) is 7.68. The minimum Gasteiger partial charge on any atom is -0.491 e. The van der Waals surface area contributed by atoms with Crippen LogP contribution in [0, 0.1) is 5.92 Å². The third kappa shape index (κ3) is 5.61. The molecule has 0 heterocycles. The molecule has 0 bridgehead atoms. The Morgan fingerprint density at radius 2 is 2.00 bits per heavy atom. The molecule has 0 aromatic heterocycles. The summed E-state index contributed by atoms with van der Waals surface area (Å²) < 4.78 is 10.9. The van der Waals surface area contributed by atoms with Crippen LogP contribution in [-0.2, 0) is 4.74 Å². The molecule has 1 rings (SSSR count). The topological polar surface area (TPSA) is 44.5 Å².